The fourth-order valence-corrected chi connectivity index (χ4v) is 2.22. The van der Waals surface area contributed by atoms with Gasteiger partial charge in [-0.2, -0.15) is 0 Å². The van der Waals surface area contributed by atoms with E-state index in [1.165, 1.54) is 0 Å². The Balaban J connectivity index is 2.49. The van der Waals surface area contributed by atoms with Crippen molar-refractivity contribution < 1.29 is 14.2 Å². The van der Waals surface area contributed by atoms with E-state index in [2.05, 4.69) is 0 Å². The van der Waals surface area contributed by atoms with Gasteiger partial charge in [-0.05, 0) is 12.1 Å². The number of nitrogens with zero attached hydrogens (tertiary/aromatic N) is 1. The van der Waals surface area contributed by atoms with Crippen molar-refractivity contribution in [1.29, 1.82) is 0 Å². The second-order valence-corrected chi connectivity index (χ2v) is 5.08. The summed E-state index contributed by atoms with van der Waals surface area (Å²) in [6.07, 6.45) is -0.182. The number of halogens is 1. The number of carbonyl (C=O) groups is 1. The molecule has 0 saturated carbocycles. The Kier molecular flexibility index (Phi) is 6.08. The number of hydrogen-bond donors (Lipinski definition) is 1. The van der Waals surface area contributed by atoms with Crippen molar-refractivity contribution in [3.05, 3.63) is 30.3 Å². The molecule has 17 heavy (non-hydrogen) atoms. The lowest BCUT2D eigenvalue weighted by Gasteiger charge is -2.12. The summed E-state index contributed by atoms with van der Waals surface area (Å²) in [5.41, 5.74) is 0. The van der Waals surface area contributed by atoms with Gasteiger partial charge in [0.2, 0.25) is 6.16 Å². The van der Waals surface area contributed by atoms with E-state index in [0.29, 0.717) is 10.5 Å². The lowest BCUT2D eigenvalue weighted by atomic mass is 10.4. The maximum atomic E-state index is 11.8. The molecule has 0 saturated heterocycles. The summed E-state index contributed by atoms with van der Waals surface area (Å²) < 4.78 is 11.8. The lowest BCUT2D eigenvalue weighted by Crippen LogP contribution is -2.39. The van der Waals surface area contributed by atoms with Crippen LogP contribution in [0, 0.1) is 0 Å². The van der Waals surface area contributed by atoms with Gasteiger partial charge in [-0.15, -0.1) is 16.8 Å². The first-order chi connectivity index (χ1) is 8.15. The number of benzene rings is 1. The molecule has 5 nitrogen and oxygen atoms in total. The summed E-state index contributed by atoms with van der Waals surface area (Å²) in [7, 11) is -1.80. The number of hydroxylamine groups is 1. The fourth-order valence-electron chi connectivity index (χ4n) is 1.08. The van der Waals surface area contributed by atoms with E-state index >= 15 is 0 Å². The molecule has 0 aromatic heterocycles. The lowest BCUT2D eigenvalue weighted by molar-refractivity contribution is -0.183. The first-order valence-corrected chi connectivity index (χ1v) is 6.89. The minimum Gasteiger partial charge on any atom is -0.266 e. The van der Waals surface area contributed by atoms with Crippen LogP contribution in [0.4, 0.5) is 0 Å². The molecule has 1 aromatic carbocycles. The summed E-state index contributed by atoms with van der Waals surface area (Å²) in [5.74, 6) is 4.99. The van der Waals surface area contributed by atoms with Gasteiger partial charge in [0.25, 0.3) is 0 Å². The minimum absolute atomic E-state index is 0.131. The maximum Gasteiger partial charge on any atom is 0.386 e. The van der Waals surface area contributed by atoms with Gasteiger partial charge in [0.15, 0.2) is 5.30 Å². The molecular formula is C10H13ClN2O3P+. The Bertz CT molecular complexity index is 388. The molecular weight excluding hydrogens is 263 g/mol. The van der Waals surface area contributed by atoms with Gasteiger partial charge in [-0.25, -0.2) is 5.84 Å². The third kappa shape index (κ3) is 4.79. The Morgan fingerprint density at radius 3 is 2.65 bits per heavy atom. The molecule has 1 aromatic rings. The zero-order chi connectivity index (χ0) is 12.7. The Hall–Kier alpha value is -1.00. The quantitative estimate of drug-likeness (QED) is 0.276. The van der Waals surface area contributed by atoms with Crippen molar-refractivity contribution in [2.45, 2.75) is 0 Å². The molecule has 0 fully saturated rings. The molecule has 0 aliphatic heterocycles. The molecule has 1 unspecified atom stereocenters. The molecule has 0 spiro atoms. The molecule has 7 heteroatoms. The molecule has 92 valence electrons. The van der Waals surface area contributed by atoms with E-state index in [0.717, 1.165) is 0 Å². The predicted molar refractivity (Wildman–Crippen MR) is 66.3 cm³/mol. The molecule has 1 rings (SSSR count). The normalized spacial score (nSPS) is 11.1. The number of hydrogen-bond acceptors (Lipinski definition) is 4. The molecule has 0 bridgehead atoms. The first kappa shape index (κ1) is 14.1. The van der Waals surface area contributed by atoms with Crippen molar-refractivity contribution in [1.82, 2.24) is 5.17 Å². The number of hydrazine groups is 1. The second-order valence-electron chi connectivity index (χ2n) is 3.11. The van der Waals surface area contributed by atoms with Crippen LogP contribution in [0.3, 0.4) is 0 Å². The smallest absolute Gasteiger partial charge is 0.266 e. The Morgan fingerprint density at radius 1 is 1.41 bits per heavy atom. The molecule has 2 N–H and O–H groups in total. The van der Waals surface area contributed by atoms with Gasteiger partial charge < -0.3 is 0 Å². The van der Waals surface area contributed by atoms with Gasteiger partial charge in [0, 0.05) is 5.88 Å². The van der Waals surface area contributed by atoms with Gasteiger partial charge in [0.05, 0.1) is 6.61 Å². The highest BCUT2D eigenvalue weighted by atomic mass is 35.5. The largest absolute Gasteiger partial charge is 0.386 e. The Morgan fingerprint density at radius 2 is 2.06 bits per heavy atom. The van der Waals surface area contributed by atoms with Crippen LogP contribution in [0.5, 0.6) is 0 Å². The Labute approximate surface area is 105 Å². The van der Waals surface area contributed by atoms with Crippen LogP contribution in [0.1, 0.15) is 0 Å². The second kappa shape index (κ2) is 7.35. The van der Waals surface area contributed by atoms with Crippen LogP contribution in [0.15, 0.2) is 30.3 Å². The van der Waals surface area contributed by atoms with Crippen molar-refractivity contribution >= 4 is 30.6 Å². The minimum atomic E-state index is -1.80. The van der Waals surface area contributed by atoms with E-state index < -0.39 is 13.7 Å². The van der Waals surface area contributed by atoms with Crippen molar-refractivity contribution in [3.63, 3.8) is 0 Å². The SMILES string of the molecule is NN(OCCCl)C(=O)C[P+](=O)c1ccccc1. The van der Waals surface area contributed by atoms with Crippen molar-refractivity contribution in [2.75, 3.05) is 18.6 Å². The maximum absolute atomic E-state index is 11.8. The zero-order valence-electron chi connectivity index (χ0n) is 9.08. The van der Waals surface area contributed by atoms with Crippen LogP contribution >= 0.6 is 19.4 Å². The topological polar surface area (TPSA) is 72.6 Å². The average Bonchev–Trinajstić information content (AvgIpc) is 2.36. The summed E-state index contributed by atoms with van der Waals surface area (Å²) in [4.78, 5) is 16.3. The van der Waals surface area contributed by atoms with Crippen LogP contribution in [0.2, 0.25) is 0 Å². The fraction of sp³-hybridized carbons (Fsp3) is 0.300. The molecule has 0 aliphatic carbocycles. The molecule has 0 radical (unpaired) electrons. The average molecular weight is 276 g/mol. The monoisotopic (exact) mass is 275 g/mol. The van der Waals surface area contributed by atoms with Crippen LogP contribution < -0.4 is 11.1 Å². The van der Waals surface area contributed by atoms with Gasteiger partial charge >= 0.3 is 13.7 Å². The van der Waals surface area contributed by atoms with Crippen molar-refractivity contribution in [3.8, 4) is 0 Å². The van der Waals surface area contributed by atoms with Crippen LogP contribution in [-0.2, 0) is 14.2 Å². The van der Waals surface area contributed by atoms with E-state index in [9.17, 15) is 9.36 Å². The highest BCUT2D eigenvalue weighted by Crippen LogP contribution is 2.19. The summed E-state index contributed by atoms with van der Waals surface area (Å²) in [6.45, 7) is 0.131. The number of alkyl halides is 1. The summed E-state index contributed by atoms with van der Waals surface area (Å²) in [6, 6.07) is 8.74. The molecule has 0 heterocycles. The number of rotatable bonds is 6. The zero-order valence-corrected chi connectivity index (χ0v) is 10.7. The van der Waals surface area contributed by atoms with Crippen LogP contribution in [-0.4, -0.2) is 29.7 Å². The molecule has 0 aliphatic rings. The molecule has 1 atom stereocenters. The standard InChI is InChI=1S/C10H13ClN2O3P/c11-6-7-16-13(12)10(14)8-17(15)9-4-2-1-3-5-9/h1-5H,6-8,12H2/q+1. The predicted octanol–water partition coefficient (Wildman–Crippen LogP) is 1.01. The number of amides is 1. The van der Waals surface area contributed by atoms with Gasteiger partial charge in [-0.1, -0.05) is 22.8 Å². The number of carbonyl (C=O) groups excluding carboxylic acids is 1. The van der Waals surface area contributed by atoms with Crippen LogP contribution in [0.25, 0.3) is 0 Å². The summed E-state index contributed by atoms with van der Waals surface area (Å²) in [5, 5.41) is 1.19. The highest BCUT2D eigenvalue weighted by Gasteiger charge is 2.26. The molecule has 1 amide bonds. The van der Waals surface area contributed by atoms with E-state index in [-0.39, 0.29) is 18.6 Å². The third-order valence-corrected chi connectivity index (χ3v) is 3.46. The summed E-state index contributed by atoms with van der Waals surface area (Å²) >= 11 is 5.38. The highest BCUT2D eigenvalue weighted by molar-refractivity contribution is 7.54. The van der Waals surface area contributed by atoms with Gasteiger partial charge in [0.1, 0.15) is 0 Å². The van der Waals surface area contributed by atoms with E-state index in [1.807, 2.05) is 6.07 Å². The van der Waals surface area contributed by atoms with Gasteiger partial charge in [-0.3, -0.25) is 9.63 Å². The van der Waals surface area contributed by atoms with Crippen molar-refractivity contribution in [2.24, 2.45) is 5.84 Å². The van der Waals surface area contributed by atoms with E-state index in [1.54, 1.807) is 24.3 Å². The third-order valence-electron chi connectivity index (χ3n) is 1.88. The number of nitrogens with two attached hydrogens (primary N) is 1. The van der Waals surface area contributed by atoms with E-state index in [4.69, 9.17) is 22.3 Å². The first-order valence-electron chi connectivity index (χ1n) is 4.91.